The quantitative estimate of drug-likeness (QED) is 0.911. The van der Waals surface area contributed by atoms with Crippen molar-refractivity contribution in [3.05, 3.63) is 70.1 Å². The molecule has 1 aromatic carbocycles. The van der Waals surface area contributed by atoms with Crippen LogP contribution < -0.4 is 5.56 Å². The second kappa shape index (κ2) is 7.12. The molecule has 24 heavy (non-hydrogen) atoms. The van der Waals surface area contributed by atoms with Gasteiger partial charge in [-0.25, -0.2) is 0 Å². The summed E-state index contributed by atoms with van der Waals surface area (Å²) >= 11 is 0. The number of amides is 2. The van der Waals surface area contributed by atoms with Gasteiger partial charge in [0.1, 0.15) is 0 Å². The number of hydrogen-bond donors (Lipinski definition) is 1. The largest absolute Gasteiger partial charge is 0.339 e. The number of nitrogens with zero attached hydrogens (tertiary/aromatic N) is 2. The van der Waals surface area contributed by atoms with E-state index in [9.17, 15) is 14.4 Å². The summed E-state index contributed by atoms with van der Waals surface area (Å²) in [4.78, 5) is 41.9. The maximum Gasteiger partial charge on any atom is 0.253 e. The molecule has 3 rings (SSSR count). The van der Waals surface area contributed by atoms with E-state index in [1.165, 1.54) is 6.07 Å². The Kier molecular flexibility index (Phi) is 4.74. The molecule has 6 heteroatoms. The highest BCUT2D eigenvalue weighted by molar-refractivity contribution is 5.94. The van der Waals surface area contributed by atoms with Gasteiger partial charge in [-0.3, -0.25) is 14.4 Å². The molecule has 0 radical (unpaired) electrons. The van der Waals surface area contributed by atoms with Crippen LogP contribution in [0.25, 0.3) is 0 Å². The number of H-pyrrole nitrogens is 1. The standard InChI is InChI=1S/C18H19N3O3/c22-16-7-6-14(13-19-16)12-17(23)20-8-10-21(11-9-20)18(24)15-4-2-1-3-5-15/h1-7,13H,8-12H2,(H,19,22). The smallest absolute Gasteiger partial charge is 0.253 e. The predicted octanol–water partition coefficient (Wildman–Crippen LogP) is 0.902. The van der Waals surface area contributed by atoms with Crippen molar-refractivity contribution in [3.8, 4) is 0 Å². The summed E-state index contributed by atoms with van der Waals surface area (Å²) in [5.41, 5.74) is 1.27. The summed E-state index contributed by atoms with van der Waals surface area (Å²) in [6.07, 6.45) is 1.82. The molecular formula is C18H19N3O3. The Labute approximate surface area is 139 Å². The Hall–Kier alpha value is -2.89. The molecule has 0 unspecified atom stereocenters. The van der Waals surface area contributed by atoms with E-state index in [0.717, 1.165) is 5.56 Å². The molecule has 0 spiro atoms. The number of hydrogen-bond acceptors (Lipinski definition) is 3. The van der Waals surface area contributed by atoms with E-state index in [2.05, 4.69) is 4.98 Å². The molecule has 0 saturated carbocycles. The van der Waals surface area contributed by atoms with Crippen molar-refractivity contribution < 1.29 is 9.59 Å². The third-order valence-corrected chi connectivity index (χ3v) is 4.14. The molecule has 124 valence electrons. The van der Waals surface area contributed by atoms with Gasteiger partial charge < -0.3 is 14.8 Å². The van der Waals surface area contributed by atoms with Crippen molar-refractivity contribution in [2.24, 2.45) is 0 Å². The van der Waals surface area contributed by atoms with Crippen molar-refractivity contribution >= 4 is 11.8 Å². The van der Waals surface area contributed by atoms with E-state index < -0.39 is 0 Å². The van der Waals surface area contributed by atoms with Crippen LogP contribution in [0.15, 0.2) is 53.5 Å². The molecule has 1 fully saturated rings. The summed E-state index contributed by atoms with van der Waals surface area (Å²) < 4.78 is 0. The highest BCUT2D eigenvalue weighted by Gasteiger charge is 2.24. The average molecular weight is 325 g/mol. The van der Waals surface area contributed by atoms with Crippen molar-refractivity contribution in [1.82, 2.24) is 14.8 Å². The summed E-state index contributed by atoms with van der Waals surface area (Å²) in [6, 6.07) is 12.2. The molecule has 2 aromatic rings. The summed E-state index contributed by atoms with van der Waals surface area (Å²) in [7, 11) is 0. The van der Waals surface area contributed by atoms with Crippen LogP contribution in [0.5, 0.6) is 0 Å². The highest BCUT2D eigenvalue weighted by atomic mass is 16.2. The van der Waals surface area contributed by atoms with E-state index in [1.54, 1.807) is 34.2 Å². The molecule has 1 aromatic heterocycles. The van der Waals surface area contributed by atoms with Crippen LogP contribution in [0.2, 0.25) is 0 Å². The van der Waals surface area contributed by atoms with Crippen molar-refractivity contribution in [3.63, 3.8) is 0 Å². The first-order chi connectivity index (χ1) is 11.6. The fourth-order valence-electron chi connectivity index (χ4n) is 2.76. The summed E-state index contributed by atoms with van der Waals surface area (Å²) in [6.45, 7) is 2.12. The van der Waals surface area contributed by atoms with Crippen LogP contribution >= 0.6 is 0 Å². The first-order valence-corrected chi connectivity index (χ1v) is 7.93. The van der Waals surface area contributed by atoms with Crippen LogP contribution in [-0.2, 0) is 11.2 Å². The van der Waals surface area contributed by atoms with E-state index >= 15 is 0 Å². The van der Waals surface area contributed by atoms with Crippen molar-refractivity contribution in [1.29, 1.82) is 0 Å². The molecule has 1 aliphatic rings. The number of piperazine rings is 1. The maximum atomic E-state index is 12.4. The van der Waals surface area contributed by atoms with Gasteiger partial charge in [-0.1, -0.05) is 24.3 Å². The van der Waals surface area contributed by atoms with Gasteiger partial charge in [0.2, 0.25) is 11.5 Å². The summed E-state index contributed by atoms with van der Waals surface area (Å²) in [5, 5.41) is 0. The monoisotopic (exact) mass is 325 g/mol. The van der Waals surface area contributed by atoms with Crippen LogP contribution in [0.4, 0.5) is 0 Å². The van der Waals surface area contributed by atoms with Gasteiger partial charge in [0.15, 0.2) is 0 Å². The van der Waals surface area contributed by atoms with E-state index in [4.69, 9.17) is 0 Å². The first kappa shape index (κ1) is 16.0. The fraction of sp³-hybridized carbons (Fsp3) is 0.278. The second-order valence-corrected chi connectivity index (χ2v) is 5.78. The van der Waals surface area contributed by atoms with Gasteiger partial charge in [0.25, 0.3) is 5.91 Å². The van der Waals surface area contributed by atoms with Crippen LogP contribution in [0, 0.1) is 0 Å². The Morgan fingerprint density at radius 3 is 2.21 bits per heavy atom. The zero-order chi connectivity index (χ0) is 16.9. The molecule has 0 atom stereocenters. The third kappa shape index (κ3) is 3.71. The number of aromatic nitrogens is 1. The van der Waals surface area contributed by atoms with Crippen molar-refractivity contribution in [2.45, 2.75) is 6.42 Å². The topological polar surface area (TPSA) is 73.5 Å². The minimum atomic E-state index is -0.181. The molecule has 1 saturated heterocycles. The zero-order valence-corrected chi connectivity index (χ0v) is 13.3. The average Bonchev–Trinajstić information content (AvgIpc) is 2.64. The van der Waals surface area contributed by atoms with E-state index in [-0.39, 0.29) is 23.8 Å². The molecule has 6 nitrogen and oxygen atoms in total. The van der Waals surface area contributed by atoms with Gasteiger partial charge in [-0.05, 0) is 17.7 Å². The third-order valence-electron chi connectivity index (χ3n) is 4.14. The van der Waals surface area contributed by atoms with Crippen molar-refractivity contribution in [2.75, 3.05) is 26.2 Å². The first-order valence-electron chi connectivity index (χ1n) is 7.93. The summed E-state index contributed by atoms with van der Waals surface area (Å²) in [5.74, 6) is 0.0113. The lowest BCUT2D eigenvalue weighted by Crippen LogP contribution is -2.51. The van der Waals surface area contributed by atoms with Gasteiger partial charge in [-0.15, -0.1) is 0 Å². The number of carbonyl (C=O) groups is 2. The second-order valence-electron chi connectivity index (χ2n) is 5.78. The number of pyridine rings is 1. The molecule has 1 aliphatic heterocycles. The number of aromatic amines is 1. The number of benzene rings is 1. The minimum absolute atomic E-state index is 0.00309. The number of carbonyl (C=O) groups excluding carboxylic acids is 2. The van der Waals surface area contributed by atoms with E-state index in [0.29, 0.717) is 31.7 Å². The molecule has 1 N–H and O–H groups in total. The van der Waals surface area contributed by atoms with Gasteiger partial charge >= 0.3 is 0 Å². The molecule has 2 heterocycles. The fourth-order valence-corrected chi connectivity index (χ4v) is 2.76. The SMILES string of the molecule is O=C(Cc1ccc(=O)[nH]c1)N1CCN(C(=O)c2ccccc2)CC1. The van der Waals surface area contributed by atoms with Crippen LogP contribution in [-0.4, -0.2) is 52.8 Å². The van der Waals surface area contributed by atoms with Crippen LogP contribution in [0.1, 0.15) is 15.9 Å². The normalized spacial score (nSPS) is 14.5. The van der Waals surface area contributed by atoms with Gasteiger partial charge in [-0.2, -0.15) is 0 Å². The van der Waals surface area contributed by atoms with E-state index in [1.807, 2.05) is 18.2 Å². The molecule has 0 bridgehead atoms. The Morgan fingerprint density at radius 1 is 0.917 bits per heavy atom. The Balaban J connectivity index is 1.54. The lowest BCUT2D eigenvalue weighted by atomic mass is 10.1. The predicted molar refractivity (Wildman–Crippen MR) is 89.7 cm³/mol. The Bertz CT molecular complexity index is 757. The maximum absolute atomic E-state index is 12.4. The van der Waals surface area contributed by atoms with Crippen LogP contribution in [0.3, 0.4) is 0 Å². The minimum Gasteiger partial charge on any atom is -0.339 e. The lowest BCUT2D eigenvalue weighted by molar-refractivity contribution is -0.131. The zero-order valence-electron chi connectivity index (χ0n) is 13.3. The lowest BCUT2D eigenvalue weighted by Gasteiger charge is -2.35. The molecular weight excluding hydrogens is 306 g/mol. The number of nitrogens with one attached hydrogen (secondary N) is 1. The van der Waals surface area contributed by atoms with Gasteiger partial charge in [0.05, 0.1) is 6.42 Å². The Morgan fingerprint density at radius 2 is 1.58 bits per heavy atom. The molecule has 2 amide bonds. The number of rotatable bonds is 3. The molecule has 0 aliphatic carbocycles. The van der Waals surface area contributed by atoms with Gasteiger partial charge in [0, 0.05) is 44.0 Å². The highest BCUT2D eigenvalue weighted by Crippen LogP contribution is 2.10.